The van der Waals surface area contributed by atoms with Crippen LogP contribution in [0.4, 0.5) is 4.39 Å². The third kappa shape index (κ3) is 3.18. The van der Waals surface area contributed by atoms with Gasteiger partial charge in [-0.25, -0.2) is 14.4 Å². The number of aromatic nitrogens is 2. The molecule has 23 heavy (non-hydrogen) atoms. The van der Waals surface area contributed by atoms with Crippen LogP contribution in [0, 0.1) is 0 Å². The quantitative estimate of drug-likeness (QED) is 0.729. The maximum atomic E-state index is 14.5. The van der Waals surface area contributed by atoms with Crippen molar-refractivity contribution in [1.29, 1.82) is 0 Å². The molecule has 0 spiro atoms. The zero-order valence-electron chi connectivity index (χ0n) is 13.4. The highest BCUT2D eigenvalue weighted by Gasteiger charge is 2.53. The number of pyridine rings is 2. The van der Waals surface area contributed by atoms with Gasteiger partial charge in [0.25, 0.3) is 0 Å². The van der Waals surface area contributed by atoms with E-state index >= 15 is 0 Å². The Morgan fingerprint density at radius 3 is 2.52 bits per heavy atom. The molecule has 3 rings (SSSR count). The molecule has 0 unspecified atom stereocenters. The number of fused-ring (bicyclic) bond motifs is 1. The molecule has 0 saturated carbocycles. The van der Waals surface area contributed by atoms with Crippen LogP contribution in [0.2, 0.25) is 0 Å². The van der Waals surface area contributed by atoms with Gasteiger partial charge in [0.15, 0.2) is 5.65 Å². The molecule has 0 aliphatic carbocycles. The van der Waals surface area contributed by atoms with Crippen molar-refractivity contribution in [2.45, 2.75) is 38.9 Å². The van der Waals surface area contributed by atoms with E-state index in [-0.39, 0.29) is 0 Å². The fourth-order valence-electron chi connectivity index (χ4n) is 2.24. The maximum absolute atomic E-state index is 14.5. The maximum Gasteiger partial charge on any atom is 0.525 e. The lowest BCUT2D eigenvalue weighted by Crippen LogP contribution is -2.41. The summed E-state index contributed by atoms with van der Waals surface area (Å²) in [6.07, 6.45) is 2.98. The van der Waals surface area contributed by atoms with Crippen LogP contribution in [-0.2, 0) is 9.31 Å². The van der Waals surface area contributed by atoms with Gasteiger partial charge in [-0.05, 0) is 67.9 Å². The molecule has 120 valence electrons. The highest BCUT2D eigenvalue weighted by atomic mass is 79.9. The van der Waals surface area contributed by atoms with Gasteiger partial charge in [0.1, 0.15) is 5.73 Å². The third-order valence-corrected chi connectivity index (χ3v) is 4.73. The molecule has 0 aromatic carbocycles. The second-order valence-corrected chi connectivity index (χ2v) is 7.47. The largest absolute Gasteiger partial charge is 0.525 e. The van der Waals surface area contributed by atoms with Crippen molar-refractivity contribution in [1.82, 2.24) is 9.97 Å². The molecule has 2 aromatic rings. The molecule has 1 fully saturated rings. The Labute approximate surface area is 143 Å². The van der Waals surface area contributed by atoms with E-state index in [1.807, 2.05) is 39.8 Å². The van der Waals surface area contributed by atoms with Crippen LogP contribution in [0.25, 0.3) is 17.1 Å². The second kappa shape index (κ2) is 5.65. The molecule has 4 nitrogen and oxygen atoms in total. The minimum Gasteiger partial charge on any atom is -0.398 e. The Morgan fingerprint density at radius 2 is 1.87 bits per heavy atom. The Balaban J connectivity index is 1.88. The summed E-state index contributed by atoms with van der Waals surface area (Å²) >= 11 is 3.36. The van der Waals surface area contributed by atoms with E-state index in [0.717, 1.165) is 9.86 Å². The van der Waals surface area contributed by atoms with Gasteiger partial charge in [-0.15, -0.1) is 0 Å². The molecular formula is C16H17BBrFN2O2. The highest BCUT2D eigenvalue weighted by molar-refractivity contribution is 9.10. The van der Waals surface area contributed by atoms with Gasteiger partial charge in [0, 0.05) is 16.1 Å². The minimum absolute atomic E-state index is 0.472. The number of hydrogen-bond donors (Lipinski definition) is 0. The van der Waals surface area contributed by atoms with Crippen molar-refractivity contribution in [3.8, 4) is 0 Å². The molecule has 2 aromatic heterocycles. The van der Waals surface area contributed by atoms with Crippen LogP contribution < -0.4 is 0 Å². The standard InChI is InChI=1S/C16H17BBrFN2O2/c1-15(2)16(3,4)23-17(22-15)13(19)8-12-6-5-10-7-11(18)9-20-14(10)21-12/h5-9H,1-4H3. The minimum atomic E-state index is -1.02. The Hall–Kier alpha value is -1.31. The summed E-state index contributed by atoms with van der Waals surface area (Å²) < 4.78 is 26.7. The van der Waals surface area contributed by atoms with E-state index in [2.05, 4.69) is 25.9 Å². The normalized spacial score (nSPS) is 20.3. The molecule has 0 N–H and O–H groups in total. The SMILES string of the molecule is CC1(C)OB(C(F)=Cc2ccc3cc(Br)cnc3n2)OC1(C)C. The summed E-state index contributed by atoms with van der Waals surface area (Å²) in [5, 5.41) is 0.882. The van der Waals surface area contributed by atoms with Crippen LogP contribution in [0.5, 0.6) is 0 Å². The van der Waals surface area contributed by atoms with E-state index in [1.165, 1.54) is 6.08 Å². The van der Waals surface area contributed by atoms with Crippen molar-refractivity contribution >= 4 is 40.2 Å². The number of halogens is 2. The number of nitrogens with zero attached hydrogens (tertiary/aromatic N) is 2. The van der Waals surface area contributed by atoms with Crippen LogP contribution in [0.3, 0.4) is 0 Å². The first-order chi connectivity index (χ1) is 10.7. The first kappa shape index (κ1) is 16.5. The molecule has 1 saturated heterocycles. The van der Waals surface area contributed by atoms with E-state index in [1.54, 1.807) is 12.3 Å². The molecule has 0 amide bonds. The van der Waals surface area contributed by atoms with Crippen molar-refractivity contribution in [3.63, 3.8) is 0 Å². The van der Waals surface area contributed by atoms with Crippen molar-refractivity contribution in [3.05, 3.63) is 40.3 Å². The average Bonchev–Trinajstić information content (AvgIpc) is 2.68. The lowest BCUT2D eigenvalue weighted by Gasteiger charge is -2.32. The average molecular weight is 379 g/mol. The molecule has 0 bridgehead atoms. The predicted molar refractivity (Wildman–Crippen MR) is 92.4 cm³/mol. The smallest absolute Gasteiger partial charge is 0.398 e. The monoisotopic (exact) mass is 378 g/mol. The molecule has 1 aliphatic rings. The third-order valence-electron chi connectivity index (χ3n) is 4.29. The van der Waals surface area contributed by atoms with Crippen LogP contribution in [0.15, 0.2) is 34.6 Å². The number of hydrogen-bond acceptors (Lipinski definition) is 4. The highest BCUT2D eigenvalue weighted by Crippen LogP contribution is 2.39. The van der Waals surface area contributed by atoms with Crippen LogP contribution >= 0.6 is 15.9 Å². The Bertz CT molecular complexity index is 779. The Morgan fingerprint density at radius 1 is 1.22 bits per heavy atom. The van der Waals surface area contributed by atoms with Crippen molar-refractivity contribution in [2.24, 2.45) is 0 Å². The van der Waals surface area contributed by atoms with E-state index < -0.39 is 24.0 Å². The molecule has 7 heteroatoms. The lowest BCUT2D eigenvalue weighted by atomic mass is 9.87. The fourth-order valence-corrected chi connectivity index (χ4v) is 2.59. The number of rotatable bonds is 2. The Kier molecular flexibility index (Phi) is 4.06. The van der Waals surface area contributed by atoms with Gasteiger partial charge < -0.3 is 9.31 Å². The summed E-state index contributed by atoms with van der Waals surface area (Å²) in [5.74, 6) is 0. The van der Waals surface area contributed by atoms with E-state index in [9.17, 15) is 4.39 Å². The zero-order valence-corrected chi connectivity index (χ0v) is 15.0. The van der Waals surface area contributed by atoms with Crippen molar-refractivity contribution in [2.75, 3.05) is 0 Å². The summed E-state index contributed by atoms with van der Waals surface area (Å²) in [6, 6.07) is 5.50. The van der Waals surface area contributed by atoms with Gasteiger partial charge in [-0.2, -0.15) is 0 Å². The molecular weight excluding hydrogens is 362 g/mol. The van der Waals surface area contributed by atoms with Gasteiger partial charge in [-0.3, -0.25) is 0 Å². The topological polar surface area (TPSA) is 44.2 Å². The lowest BCUT2D eigenvalue weighted by molar-refractivity contribution is 0.00578. The first-order valence-corrected chi connectivity index (χ1v) is 8.12. The van der Waals surface area contributed by atoms with E-state index in [4.69, 9.17) is 9.31 Å². The zero-order chi connectivity index (χ0) is 16.8. The van der Waals surface area contributed by atoms with Crippen LogP contribution in [0.1, 0.15) is 33.4 Å². The van der Waals surface area contributed by atoms with Gasteiger partial charge in [0.2, 0.25) is 0 Å². The summed E-state index contributed by atoms with van der Waals surface area (Å²) in [6.45, 7) is 7.54. The summed E-state index contributed by atoms with van der Waals surface area (Å²) in [7, 11) is -1.02. The second-order valence-electron chi connectivity index (χ2n) is 6.55. The molecule has 3 heterocycles. The van der Waals surface area contributed by atoms with Crippen molar-refractivity contribution < 1.29 is 13.7 Å². The molecule has 0 atom stereocenters. The molecule has 1 aliphatic heterocycles. The fraction of sp³-hybridized carbons (Fsp3) is 0.375. The summed E-state index contributed by atoms with van der Waals surface area (Å²) in [4.78, 5) is 8.56. The molecule has 0 radical (unpaired) electrons. The summed E-state index contributed by atoms with van der Waals surface area (Å²) in [5.41, 5.74) is -0.628. The predicted octanol–water partition coefficient (Wildman–Crippen LogP) is 4.33. The van der Waals surface area contributed by atoms with Gasteiger partial charge in [-0.1, -0.05) is 0 Å². The first-order valence-electron chi connectivity index (χ1n) is 7.33. The van der Waals surface area contributed by atoms with Crippen LogP contribution in [-0.4, -0.2) is 28.3 Å². The van der Waals surface area contributed by atoms with Gasteiger partial charge in [0.05, 0.1) is 16.9 Å². The van der Waals surface area contributed by atoms with Gasteiger partial charge >= 0.3 is 7.12 Å². The van der Waals surface area contributed by atoms with E-state index in [0.29, 0.717) is 11.3 Å².